The van der Waals surface area contributed by atoms with E-state index in [1.807, 2.05) is 39.1 Å². The highest BCUT2D eigenvalue weighted by atomic mass is 35.5. The summed E-state index contributed by atoms with van der Waals surface area (Å²) < 4.78 is 3.87. The number of pyridine rings is 1. The number of aromatic hydroxyl groups is 1. The van der Waals surface area contributed by atoms with Crippen LogP contribution in [0.3, 0.4) is 0 Å². The van der Waals surface area contributed by atoms with Crippen LogP contribution in [0.5, 0.6) is 5.75 Å². The van der Waals surface area contributed by atoms with Gasteiger partial charge in [0.05, 0.1) is 23.3 Å². The van der Waals surface area contributed by atoms with E-state index in [1.54, 1.807) is 10.9 Å². The number of nitrogens with zero attached hydrogens (tertiary/aromatic N) is 4. The first-order valence-corrected chi connectivity index (χ1v) is 10.7. The molecule has 3 aromatic heterocycles. The minimum Gasteiger partial charge on any atom is -0.503 e. The zero-order chi connectivity index (χ0) is 21.5. The third-order valence-corrected chi connectivity index (χ3v) is 6.12. The first kappa shape index (κ1) is 20.9. The molecule has 0 bridgehead atoms. The van der Waals surface area contributed by atoms with Gasteiger partial charge >= 0.3 is 0 Å². The van der Waals surface area contributed by atoms with Gasteiger partial charge in [0.15, 0.2) is 5.75 Å². The third-order valence-electron chi connectivity index (χ3n) is 5.82. The van der Waals surface area contributed by atoms with E-state index in [4.69, 9.17) is 11.6 Å². The highest BCUT2D eigenvalue weighted by molar-refractivity contribution is 6.35. The maximum Gasteiger partial charge on any atom is 0.246 e. The van der Waals surface area contributed by atoms with E-state index in [1.165, 1.54) is 6.20 Å². The van der Waals surface area contributed by atoms with Crippen molar-refractivity contribution in [2.75, 3.05) is 0 Å². The summed E-state index contributed by atoms with van der Waals surface area (Å²) in [5.41, 5.74) is 0.308. The van der Waals surface area contributed by atoms with Gasteiger partial charge in [-0.3, -0.25) is 9.48 Å². The van der Waals surface area contributed by atoms with Gasteiger partial charge in [0.2, 0.25) is 5.43 Å². The molecule has 1 aliphatic rings. The molecule has 0 unspecified atom stereocenters. The van der Waals surface area contributed by atoms with Crippen LogP contribution in [0.4, 0.5) is 0 Å². The standard InChI is InChI=1S/C22H28ClN5O2/c1-21(2,3)25-11-17-19(30)18(29)13-27(26-17)14-22(8-4-5-9-22)28-12-16(23)15-7-6-10-24-20(15)28/h6-7,10,12-13,25,29H,4-5,8-9,11,14H2,1-3H3. The summed E-state index contributed by atoms with van der Waals surface area (Å²) in [6.07, 6.45) is 9.25. The second kappa shape index (κ2) is 7.71. The summed E-state index contributed by atoms with van der Waals surface area (Å²) in [5.74, 6) is -0.280. The van der Waals surface area contributed by atoms with Gasteiger partial charge in [0.25, 0.3) is 0 Å². The lowest BCUT2D eigenvalue weighted by molar-refractivity contribution is 0.239. The van der Waals surface area contributed by atoms with E-state index in [9.17, 15) is 9.90 Å². The van der Waals surface area contributed by atoms with Gasteiger partial charge in [-0.05, 0) is 45.7 Å². The Labute approximate surface area is 180 Å². The molecule has 4 rings (SSSR count). The monoisotopic (exact) mass is 429 g/mol. The predicted molar refractivity (Wildman–Crippen MR) is 118 cm³/mol. The number of aromatic nitrogens is 4. The van der Waals surface area contributed by atoms with Gasteiger partial charge in [-0.2, -0.15) is 5.10 Å². The van der Waals surface area contributed by atoms with E-state index in [-0.39, 0.29) is 16.8 Å². The molecule has 0 radical (unpaired) electrons. The Morgan fingerprint density at radius 1 is 1.27 bits per heavy atom. The average molecular weight is 430 g/mol. The molecule has 1 aliphatic carbocycles. The van der Waals surface area contributed by atoms with Crippen molar-refractivity contribution in [1.82, 2.24) is 24.6 Å². The van der Waals surface area contributed by atoms with Crippen molar-refractivity contribution in [3.63, 3.8) is 0 Å². The third kappa shape index (κ3) is 3.96. The highest BCUT2D eigenvalue weighted by Gasteiger charge is 2.38. The Morgan fingerprint density at radius 2 is 2.00 bits per heavy atom. The Kier molecular flexibility index (Phi) is 5.36. The van der Waals surface area contributed by atoms with E-state index in [0.717, 1.165) is 36.7 Å². The molecule has 30 heavy (non-hydrogen) atoms. The fourth-order valence-corrected chi connectivity index (χ4v) is 4.56. The molecule has 0 amide bonds. The molecule has 160 valence electrons. The van der Waals surface area contributed by atoms with Crippen LogP contribution in [-0.2, 0) is 18.6 Å². The second-order valence-corrected chi connectivity index (χ2v) is 9.65. The Balaban J connectivity index is 1.74. The van der Waals surface area contributed by atoms with Crippen LogP contribution < -0.4 is 10.7 Å². The molecule has 7 nitrogen and oxygen atoms in total. The summed E-state index contributed by atoms with van der Waals surface area (Å²) >= 11 is 6.50. The lowest BCUT2D eigenvalue weighted by Crippen LogP contribution is -2.39. The zero-order valence-electron chi connectivity index (χ0n) is 17.7. The first-order valence-electron chi connectivity index (χ1n) is 10.4. The lowest BCUT2D eigenvalue weighted by atomic mass is 9.97. The van der Waals surface area contributed by atoms with E-state index < -0.39 is 5.43 Å². The summed E-state index contributed by atoms with van der Waals surface area (Å²) in [5, 5.41) is 19.7. The van der Waals surface area contributed by atoms with Crippen LogP contribution >= 0.6 is 11.6 Å². The zero-order valence-corrected chi connectivity index (χ0v) is 18.4. The fraction of sp³-hybridized carbons (Fsp3) is 0.500. The van der Waals surface area contributed by atoms with Gasteiger partial charge in [-0.1, -0.05) is 24.4 Å². The number of hydrogen-bond donors (Lipinski definition) is 2. The Morgan fingerprint density at radius 3 is 2.70 bits per heavy atom. The van der Waals surface area contributed by atoms with Crippen molar-refractivity contribution in [2.24, 2.45) is 0 Å². The molecule has 0 aliphatic heterocycles. The lowest BCUT2D eigenvalue weighted by Gasteiger charge is -2.32. The number of rotatable bonds is 5. The summed E-state index contributed by atoms with van der Waals surface area (Å²) in [7, 11) is 0. The quantitative estimate of drug-likeness (QED) is 0.644. The molecule has 2 N–H and O–H groups in total. The van der Waals surface area contributed by atoms with Gasteiger partial charge in [0.1, 0.15) is 11.3 Å². The van der Waals surface area contributed by atoms with Crippen LogP contribution in [0.15, 0.2) is 35.5 Å². The molecular weight excluding hydrogens is 402 g/mol. The highest BCUT2D eigenvalue weighted by Crippen LogP contribution is 2.41. The number of nitrogens with one attached hydrogen (secondary N) is 1. The summed E-state index contributed by atoms with van der Waals surface area (Å²) in [6, 6.07) is 3.86. The number of fused-ring (bicyclic) bond motifs is 1. The molecule has 0 atom stereocenters. The maximum atomic E-state index is 12.4. The maximum absolute atomic E-state index is 12.4. The SMILES string of the molecule is CC(C)(C)NCc1nn(CC2(n3cc(Cl)c4cccnc43)CCCC2)cc(O)c1=O. The summed E-state index contributed by atoms with van der Waals surface area (Å²) in [6.45, 7) is 6.89. The smallest absolute Gasteiger partial charge is 0.246 e. The van der Waals surface area contributed by atoms with Crippen molar-refractivity contribution in [1.29, 1.82) is 0 Å². The van der Waals surface area contributed by atoms with Gasteiger partial charge in [-0.15, -0.1) is 0 Å². The van der Waals surface area contributed by atoms with Crippen molar-refractivity contribution in [3.05, 3.63) is 51.7 Å². The van der Waals surface area contributed by atoms with Gasteiger partial charge < -0.3 is 15.0 Å². The van der Waals surface area contributed by atoms with Gasteiger partial charge in [-0.25, -0.2) is 4.98 Å². The molecule has 3 aromatic rings. The Bertz CT molecular complexity index is 1120. The van der Waals surface area contributed by atoms with Crippen LogP contribution in [0.1, 0.15) is 52.1 Å². The second-order valence-electron chi connectivity index (χ2n) is 9.24. The number of halogens is 1. The van der Waals surface area contributed by atoms with Crippen molar-refractivity contribution in [2.45, 2.75) is 70.6 Å². The van der Waals surface area contributed by atoms with Crippen molar-refractivity contribution in [3.8, 4) is 5.75 Å². The number of hydrogen-bond acceptors (Lipinski definition) is 5. The average Bonchev–Trinajstić information content (AvgIpc) is 3.29. The van der Waals surface area contributed by atoms with Crippen molar-refractivity contribution < 1.29 is 5.11 Å². The minimum absolute atomic E-state index is 0.163. The largest absolute Gasteiger partial charge is 0.503 e. The van der Waals surface area contributed by atoms with Crippen LogP contribution in [-0.4, -0.2) is 30.0 Å². The molecule has 1 fully saturated rings. The van der Waals surface area contributed by atoms with E-state index in [0.29, 0.717) is 23.8 Å². The van der Waals surface area contributed by atoms with Crippen molar-refractivity contribution >= 4 is 22.6 Å². The first-order chi connectivity index (χ1) is 14.2. The molecule has 0 aromatic carbocycles. The predicted octanol–water partition coefficient (Wildman–Crippen LogP) is 3.81. The van der Waals surface area contributed by atoms with E-state index in [2.05, 4.69) is 20.0 Å². The van der Waals surface area contributed by atoms with Gasteiger partial charge in [0, 0.05) is 29.9 Å². The molecular formula is C22H28ClN5O2. The molecule has 0 saturated heterocycles. The fourth-order valence-electron chi connectivity index (χ4n) is 4.31. The molecule has 3 heterocycles. The molecule has 1 saturated carbocycles. The minimum atomic E-state index is -0.431. The Hall–Kier alpha value is -2.38. The van der Waals surface area contributed by atoms with E-state index >= 15 is 0 Å². The van der Waals surface area contributed by atoms with Crippen LogP contribution in [0.25, 0.3) is 11.0 Å². The molecule has 0 spiro atoms. The molecule has 8 heteroatoms. The summed E-state index contributed by atoms with van der Waals surface area (Å²) in [4.78, 5) is 17.0. The topological polar surface area (TPSA) is 85.0 Å². The van der Waals surface area contributed by atoms with Crippen LogP contribution in [0.2, 0.25) is 5.02 Å². The van der Waals surface area contributed by atoms with Crippen LogP contribution in [0, 0.1) is 0 Å². The normalized spacial score (nSPS) is 16.4.